The number of carboxylic acid groups (broad SMARTS) is 1. The molecule has 0 saturated carbocycles. The van der Waals surface area contributed by atoms with Crippen molar-refractivity contribution < 1.29 is 14.3 Å². The Morgan fingerprint density at radius 2 is 2.17 bits per heavy atom. The molecule has 0 saturated heterocycles. The zero-order valence-electron chi connectivity index (χ0n) is 6.90. The van der Waals surface area contributed by atoms with Crippen molar-refractivity contribution in [2.24, 2.45) is 0 Å². The van der Waals surface area contributed by atoms with Gasteiger partial charge in [0.15, 0.2) is 0 Å². The van der Waals surface area contributed by atoms with E-state index >= 15 is 0 Å². The summed E-state index contributed by atoms with van der Waals surface area (Å²) in [5, 5.41) is 8.59. The van der Waals surface area contributed by atoms with E-state index in [1.54, 1.807) is 6.08 Å². The standard InChI is InChI=1S/C8H12FNO2/c1-10(8(11)12)7-5-3-2-4-6(7)9/h2-3,6-7H,4-5H2,1H3,(H,11,12). The lowest BCUT2D eigenvalue weighted by Gasteiger charge is -2.29. The first-order chi connectivity index (χ1) is 5.63. The summed E-state index contributed by atoms with van der Waals surface area (Å²) in [4.78, 5) is 11.5. The molecule has 68 valence electrons. The Morgan fingerprint density at radius 3 is 2.67 bits per heavy atom. The normalized spacial score (nSPS) is 28.5. The van der Waals surface area contributed by atoms with E-state index in [4.69, 9.17) is 5.11 Å². The minimum Gasteiger partial charge on any atom is -0.465 e. The van der Waals surface area contributed by atoms with Crippen LogP contribution >= 0.6 is 0 Å². The van der Waals surface area contributed by atoms with Gasteiger partial charge in [0.25, 0.3) is 0 Å². The largest absolute Gasteiger partial charge is 0.465 e. The van der Waals surface area contributed by atoms with Crippen LogP contribution in [0.25, 0.3) is 0 Å². The van der Waals surface area contributed by atoms with Gasteiger partial charge in [0, 0.05) is 7.05 Å². The van der Waals surface area contributed by atoms with Crippen molar-refractivity contribution in [2.75, 3.05) is 7.05 Å². The molecule has 4 heteroatoms. The van der Waals surface area contributed by atoms with Crippen LogP contribution in [-0.2, 0) is 0 Å². The van der Waals surface area contributed by atoms with Crippen LogP contribution in [-0.4, -0.2) is 35.4 Å². The number of alkyl halides is 1. The van der Waals surface area contributed by atoms with Crippen LogP contribution in [0.2, 0.25) is 0 Å². The van der Waals surface area contributed by atoms with Crippen molar-refractivity contribution in [3.63, 3.8) is 0 Å². The molecule has 0 aromatic carbocycles. The second kappa shape index (κ2) is 3.56. The molecule has 3 nitrogen and oxygen atoms in total. The Bertz CT molecular complexity index is 205. The second-order valence-corrected chi connectivity index (χ2v) is 2.92. The van der Waals surface area contributed by atoms with Gasteiger partial charge < -0.3 is 10.0 Å². The Morgan fingerprint density at radius 1 is 1.58 bits per heavy atom. The number of amides is 1. The van der Waals surface area contributed by atoms with E-state index in [0.29, 0.717) is 12.8 Å². The fourth-order valence-corrected chi connectivity index (χ4v) is 1.31. The van der Waals surface area contributed by atoms with Gasteiger partial charge in [-0.25, -0.2) is 9.18 Å². The van der Waals surface area contributed by atoms with Crippen LogP contribution in [0.5, 0.6) is 0 Å². The summed E-state index contributed by atoms with van der Waals surface area (Å²) in [6, 6.07) is -0.507. The average molecular weight is 173 g/mol. The molecule has 0 spiro atoms. The summed E-state index contributed by atoms with van der Waals surface area (Å²) >= 11 is 0. The maximum Gasteiger partial charge on any atom is 0.407 e. The summed E-state index contributed by atoms with van der Waals surface area (Å²) in [5.41, 5.74) is 0. The van der Waals surface area contributed by atoms with Crippen molar-refractivity contribution in [1.29, 1.82) is 0 Å². The molecule has 2 atom stereocenters. The number of halogens is 1. The van der Waals surface area contributed by atoms with E-state index in [1.807, 2.05) is 6.08 Å². The van der Waals surface area contributed by atoms with Gasteiger partial charge in [-0.3, -0.25) is 0 Å². The summed E-state index contributed by atoms with van der Waals surface area (Å²) in [6.07, 6.45) is 2.23. The number of hydrogen-bond acceptors (Lipinski definition) is 1. The van der Waals surface area contributed by atoms with Crippen molar-refractivity contribution >= 4 is 6.09 Å². The highest BCUT2D eigenvalue weighted by atomic mass is 19.1. The van der Waals surface area contributed by atoms with Crippen LogP contribution < -0.4 is 0 Å². The maximum absolute atomic E-state index is 13.1. The Labute approximate surface area is 70.5 Å². The molecule has 0 fully saturated rings. The number of rotatable bonds is 1. The molecule has 0 heterocycles. The molecule has 0 aromatic rings. The van der Waals surface area contributed by atoms with Gasteiger partial charge in [0.2, 0.25) is 0 Å². The highest BCUT2D eigenvalue weighted by Gasteiger charge is 2.28. The fraction of sp³-hybridized carbons (Fsp3) is 0.625. The number of carbonyl (C=O) groups is 1. The topological polar surface area (TPSA) is 40.5 Å². The number of allylic oxidation sites excluding steroid dienone is 1. The smallest absolute Gasteiger partial charge is 0.407 e. The van der Waals surface area contributed by atoms with E-state index in [2.05, 4.69) is 0 Å². The first kappa shape index (κ1) is 9.03. The van der Waals surface area contributed by atoms with E-state index in [-0.39, 0.29) is 0 Å². The van der Waals surface area contributed by atoms with Crippen molar-refractivity contribution in [1.82, 2.24) is 4.90 Å². The minimum atomic E-state index is -1.07. The van der Waals surface area contributed by atoms with Gasteiger partial charge in [0.05, 0.1) is 6.04 Å². The highest BCUT2D eigenvalue weighted by molar-refractivity contribution is 5.65. The molecule has 1 amide bonds. The fourth-order valence-electron chi connectivity index (χ4n) is 1.31. The summed E-state index contributed by atoms with van der Waals surface area (Å²) < 4.78 is 13.1. The van der Waals surface area contributed by atoms with E-state index in [0.717, 1.165) is 4.90 Å². The van der Waals surface area contributed by atoms with Crippen LogP contribution in [0.4, 0.5) is 9.18 Å². The molecule has 0 aromatic heterocycles. The predicted molar refractivity (Wildman–Crippen MR) is 42.8 cm³/mol. The van der Waals surface area contributed by atoms with Gasteiger partial charge in [-0.15, -0.1) is 0 Å². The third-order valence-electron chi connectivity index (χ3n) is 2.12. The third-order valence-corrected chi connectivity index (χ3v) is 2.12. The monoisotopic (exact) mass is 173 g/mol. The number of hydrogen-bond donors (Lipinski definition) is 1. The van der Waals surface area contributed by atoms with Crippen molar-refractivity contribution in [3.8, 4) is 0 Å². The van der Waals surface area contributed by atoms with Gasteiger partial charge in [0.1, 0.15) is 6.17 Å². The minimum absolute atomic E-state index is 0.322. The molecule has 0 bridgehead atoms. The molecule has 1 N–H and O–H groups in total. The maximum atomic E-state index is 13.1. The summed E-state index contributed by atoms with van der Waals surface area (Å²) in [7, 11) is 1.40. The first-order valence-electron chi connectivity index (χ1n) is 3.87. The lowest BCUT2D eigenvalue weighted by atomic mass is 9.99. The van der Waals surface area contributed by atoms with Crippen molar-refractivity contribution in [3.05, 3.63) is 12.2 Å². The predicted octanol–water partition coefficient (Wildman–Crippen LogP) is 1.65. The van der Waals surface area contributed by atoms with Gasteiger partial charge in [-0.2, -0.15) is 0 Å². The van der Waals surface area contributed by atoms with Crippen LogP contribution in [0, 0.1) is 0 Å². The Balaban J connectivity index is 2.61. The quantitative estimate of drug-likeness (QED) is 0.612. The van der Waals surface area contributed by atoms with E-state index < -0.39 is 18.3 Å². The molecular formula is C8H12FNO2. The lowest BCUT2D eigenvalue weighted by molar-refractivity contribution is 0.104. The average Bonchev–Trinajstić information content (AvgIpc) is 2.04. The highest BCUT2D eigenvalue weighted by Crippen LogP contribution is 2.19. The second-order valence-electron chi connectivity index (χ2n) is 2.92. The van der Waals surface area contributed by atoms with Crippen molar-refractivity contribution in [2.45, 2.75) is 25.1 Å². The van der Waals surface area contributed by atoms with Gasteiger partial charge in [-0.05, 0) is 12.8 Å². The molecule has 0 aliphatic heterocycles. The van der Waals surface area contributed by atoms with E-state index in [9.17, 15) is 9.18 Å². The van der Waals surface area contributed by atoms with Crippen LogP contribution in [0.15, 0.2) is 12.2 Å². The van der Waals surface area contributed by atoms with Crippen LogP contribution in [0.1, 0.15) is 12.8 Å². The SMILES string of the molecule is CN(C(=O)O)C1CC=CCC1F. The lowest BCUT2D eigenvalue weighted by Crippen LogP contribution is -2.42. The molecule has 0 radical (unpaired) electrons. The Kier molecular flexibility index (Phi) is 2.68. The van der Waals surface area contributed by atoms with Gasteiger partial charge >= 0.3 is 6.09 Å². The number of nitrogens with zero attached hydrogens (tertiary/aromatic N) is 1. The molecule has 1 aliphatic carbocycles. The van der Waals surface area contributed by atoms with Crippen LogP contribution in [0.3, 0.4) is 0 Å². The van der Waals surface area contributed by atoms with Gasteiger partial charge in [-0.1, -0.05) is 12.2 Å². The zero-order valence-corrected chi connectivity index (χ0v) is 6.90. The zero-order chi connectivity index (χ0) is 9.14. The molecule has 12 heavy (non-hydrogen) atoms. The summed E-state index contributed by atoms with van der Waals surface area (Å²) in [5.74, 6) is 0. The molecule has 1 rings (SSSR count). The summed E-state index contributed by atoms with van der Waals surface area (Å²) in [6.45, 7) is 0. The molecule has 2 unspecified atom stereocenters. The van der Waals surface area contributed by atoms with E-state index in [1.165, 1.54) is 7.05 Å². The molecule has 1 aliphatic rings. The third kappa shape index (κ3) is 1.75. The Hall–Kier alpha value is -1.06. The first-order valence-corrected chi connectivity index (χ1v) is 3.87. The molecular weight excluding hydrogens is 161 g/mol.